The number of ether oxygens (including phenoxy) is 2. The Morgan fingerprint density at radius 1 is 1.33 bits per heavy atom. The average molecular weight is 288 g/mol. The fourth-order valence-corrected chi connectivity index (χ4v) is 1.38. The van der Waals surface area contributed by atoms with E-state index in [4.69, 9.17) is 14.7 Å². The van der Waals surface area contributed by atoms with E-state index in [1.807, 2.05) is 0 Å². The lowest BCUT2D eigenvalue weighted by Crippen LogP contribution is -2.28. The van der Waals surface area contributed by atoms with Crippen molar-refractivity contribution in [2.24, 2.45) is 0 Å². The second-order valence-corrected chi connectivity index (χ2v) is 4.35. The standard InChI is InChI=1S/C15H15NO5/c1-10(2)21-15(19)12(8-16)7-11-3-5-13(6-4-11)20-9-14(17)18/h3-7,10H,9H2,1-2H3,(H,17,18)/p-1/b12-7+. The number of carboxylic acids is 1. The van der Waals surface area contributed by atoms with Gasteiger partial charge in [-0.25, -0.2) is 4.79 Å². The van der Waals surface area contributed by atoms with Gasteiger partial charge in [-0.1, -0.05) is 12.1 Å². The molecule has 110 valence electrons. The van der Waals surface area contributed by atoms with Gasteiger partial charge >= 0.3 is 5.97 Å². The van der Waals surface area contributed by atoms with Crippen molar-refractivity contribution in [2.45, 2.75) is 20.0 Å². The highest BCUT2D eigenvalue weighted by atomic mass is 16.5. The van der Waals surface area contributed by atoms with E-state index in [0.717, 1.165) is 0 Å². The summed E-state index contributed by atoms with van der Waals surface area (Å²) in [7, 11) is 0. The van der Waals surface area contributed by atoms with Crippen LogP contribution < -0.4 is 9.84 Å². The molecule has 0 aliphatic rings. The van der Waals surface area contributed by atoms with Gasteiger partial charge < -0.3 is 19.4 Å². The van der Waals surface area contributed by atoms with Crippen molar-refractivity contribution in [3.63, 3.8) is 0 Å². The molecule has 6 heteroatoms. The number of aliphatic carboxylic acids is 1. The zero-order valence-electron chi connectivity index (χ0n) is 11.7. The average Bonchev–Trinajstić information content (AvgIpc) is 2.42. The van der Waals surface area contributed by atoms with Gasteiger partial charge in [-0.3, -0.25) is 0 Å². The number of carbonyl (C=O) groups excluding carboxylic acids is 2. The molecule has 0 aliphatic carbocycles. The number of carboxylic acid groups (broad SMARTS) is 1. The first kappa shape index (κ1) is 16.2. The summed E-state index contributed by atoms with van der Waals surface area (Å²) in [5.74, 6) is -1.66. The highest BCUT2D eigenvalue weighted by Crippen LogP contribution is 2.15. The number of rotatable bonds is 6. The summed E-state index contributed by atoms with van der Waals surface area (Å²) in [6.07, 6.45) is 1.07. The molecular weight excluding hydrogens is 274 g/mol. The number of esters is 1. The van der Waals surface area contributed by atoms with Crippen molar-refractivity contribution in [3.8, 4) is 11.8 Å². The van der Waals surface area contributed by atoms with Crippen LogP contribution in [-0.2, 0) is 14.3 Å². The quantitative estimate of drug-likeness (QED) is 0.433. The summed E-state index contributed by atoms with van der Waals surface area (Å²) in [6.45, 7) is 2.84. The summed E-state index contributed by atoms with van der Waals surface area (Å²) in [4.78, 5) is 21.9. The third-order valence-electron chi connectivity index (χ3n) is 2.23. The predicted octanol–water partition coefficient (Wildman–Crippen LogP) is 0.674. The number of nitriles is 1. The molecule has 0 aliphatic heterocycles. The van der Waals surface area contributed by atoms with Gasteiger partial charge in [-0.15, -0.1) is 0 Å². The van der Waals surface area contributed by atoms with E-state index in [1.54, 1.807) is 32.0 Å². The molecule has 0 saturated heterocycles. The first-order valence-corrected chi connectivity index (χ1v) is 6.18. The largest absolute Gasteiger partial charge is 0.546 e. The molecule has 0 unspecified atom stereocenters. The fraction of sp³-hybridized carbons (Fsp3) is 0.267. The van der Waals surface area contributed by atoms with Gasteiger partial charge in [-0.2, -0.15) is 5.26 Å². The lowest BCUT2D eigenvalue weighted by molar-refractivity contribution is -0.307. The number of hydrogen-bond donors (Lipinski definition) is 0. The molecule has 0 radical (unpaired) electrons. The normalized spacial score (nSPS) is 10.9. The number of hydrogen-bond acceptors (Lipinski definition) is 6. The van der Waals surface area contributed by atoms with Crippen LogP contribution in [0.3, 0.4) is 0 Å². The highest BCUT2D eigenvalue weighted by molar-refractivity contribution is 5.97. The summed E-state index contributed by atoms with van der Waals surface area (Å²) in [5, 5.41) is 19.2. The van der Waals surface area contributed by atoms with Gasteiger partial charge in [0.2, 0.25) is 0 Å². The molecule has 1 rings (SSSR count). The summed E-state index contributed by atoms with van der Waals surface area (Å²) >= 11 is 0. The first-order valence-electron chi connectivity index (χ1n) is 6.18. The van der Waals surface area contributed by atoms with Gasteiger partial charge in [0.25, 0.3) is 0 Å². The summed E-state index contributed by atoms with van der Waals surface area (Å²) < 4.78 is 9.85. The van der Waals surface area contributed by atoms with E-state index in [1.165, 1.54) is 18.2 Å². The van der Waals surface area contributed by atoms with Crippen LogP contribution in [0.4, 0.5) is 0 Å². The van der Waals surface area contributed by atoms with Gasteiger partial charge in [0.05, 0.1) is 12.1 Å². The Morgan fingerprint density at radius 3 is 2.43 bits per heavy atom. The van der Waals surface area contributed by atoms with Crippen molar-refractivity contribution < 1.29 is 24.2 Å². The Hall–Kier alpha value is -2.81. The third kappa shape index (κ3) is 5.78. The molecule has 0 amide bonds. The van der Waals surface area contributed by atoms with Crippen LogP contribution in [0.25, 0.3) is 6.08 Å². The molecule has 1 aromatic carbocycles. The second-order valence-electron chi connectivity index (χ2n) is 4.35. The Bertz CT molecular complexity index is 581. The van der Waals surface area contributed by atoms with E-state index in [2.05, 4.69) is 0 Å². The summed E-state index contributed by atoms with van der Waals surface area (Å²) in [6, 6.07) is 8.01. The van der Waals surface area contributed by atoms with Crippen molar-refractivity contribution in [1.29, 1.82) is 5.26 Å². The second kappa shape index (κ2) is 7.70. The minimum absolute atomic E-state index is 0.118. The molecule has 0 spiro atoms. The molecule has 21 heavy (non-hydrogen) atoms. The maximum atomic E-state index is 11.6. The van der Waals surface area contributed by atoms with Crippen molar-refractivity contribution in [1.82, 2.24) is 0 Å². The molecule has 0 aromatic heterocycles. The maximum absolute atomic E-state index is 11.6. The fourth-order valence-electron chi connectivity index (χ4n) is 1.38. The van der Waals surface area contributed by atoms with Gasteiger partial charge in [-0.05, 0) is 37.6 Å². The minimum atomic E-state index is -1.32. The van der Waals surface area contributed by atoms with E-state index in [0.29, 0.717) is 11.3 Å². The van der Waals surface area contributed by atoms with Gasteiger partial charge in [0.1, 0.15) is 24.0 Å². The van der Waals surface area contributed by atoms with Gasteiger partial charge in [0.15, 0.2) is 0 Å². The molecule has 6 nitrogen and oxygen atoms in total. The smallest absolute Gasteiger partial charge is 0.349 e. The first-order chi connectivity index (χ1) is 9.92. The molecule has 0 N–H and O–H groups in total. The minimum Gasteiger partial charge on any atom is -0.546 e. The molecule has 0 heterocycles. The van der Waals surface area contributed by atoms with Crippen LogP contribution in [-0.4, -0.2) is 24.6 Å². The highest BCUT2D eigenvalue weighted by Gasteiger charge is 2.12. The van der Waals surface area contributed by atoms with E-state index in [-0.39, 0.29) is 11.7 Å². The van der Waals surface area contributed by atoms with E-state index >= 15 is 0 Å². The number of benzene rings is 1. The summed E-state index contributed by atoms with van der Waals surface area (Å²) in [5.41, 5.74) is 0.472. The van der Waals surface area contributed by atoms with Crippen molar-refractivity contribution >= 4 is 18.0 Å². The molecule has 0 saturated carbocycles. The van der Waals surface area contributed by atoms with Crippen LogP contribution in [0, 0.1) is 11.3 Å². The van der Waals surface area contributed by atoms with Crippen LogP contribution in [0.1, 0.15) is 19.4 Å². The number of carbonyl (C=O) groups is 2. The van der Waals surface area contributed by atoms with Crippen LogP contribution in [0.5, 0.6) is 5.75 Å². The molecule has 0 bridgehead atoms. The predicted molar refractivity (Wildman–Crippen MR) is 71.8 cm³/mol. The third-order valence-corrected chi connectivity index (χ3v) is 2.23. The Morgan fingerprint density at radius 2 is 1.95 bits per heavy atom. The Labute approximate surface area is 122 Å². The molecule has 0 atom stereocenters. The van der Waals surface area contributed by atoms with Gasteiger partial charge in [0, 0.05) is 0 Å². The van der Waals surface area contributed by atoms with Crippen LogP contribution in [0.15, 0.2) is 29.8 Å². The van der Waals surface area contributed by atoms with Crippen molar-refractivity contribution in [3.05, 3.63) is 35.4 Å². The Kier molecular flexibility index (Phi) is 5.96. The SMILES string of the molecule is CC(C)OC(=O)/C(C#N)=C/c1ccc(OCC(=O)[O-])cc1. The van der Waals surface area contributed by atoms with Crippen molar-refractivity contribution in [2.75, 3.05) is 6.61 Å². The lowest BCUT2D eigenvalue weighted by Gasteiger charge is -2.07. The molecule has 1 aromatic rings. The number of nitrogens with zero attached hydrogens (tertiary/aromatic N) is 1. The topological polar surface area (TPSA) is 99.5 Å². The van der Waals surface area contributed by atoms with Crippen LogP contribution >= 0.6 is 0 Å². The van der Waals surface area contributed by atoms with E-state index in [9.17, 15) is 14.7 Å². The lowest BCUT2D eigenvalue weighted by atomic mass is 10.1. The maximum Gasteiger partial charge on any atom is 0.349 e. The molecule has 0 fully saturated rings. The van der Waals surface area contributed by atoms with E-state index < -0.39 is 18.5 Å². The van der Waals surface area contributed by atoms with Crippen LogP contribution in [0.2, 0.25) is 0 Å². The zero-order valence-corrected chi connectivity index (χ0v) is 11.7. The Balaban J connectivity index is 2.80. The monoisotopic (exact) mass is 288 g/mol. The molecular formula is C15H14NO5-. The zero-order chi connectivity index (χ0) is 15.8.